The van der Waals surface area contributed by atoms with Crippen LogP contribution in [0.1, 0.15) is 133 Å². The van der Waals surface area contributed by atoms with Gasteiger partial charge in [-0.15, -0.1) is 0 Å². The third-order valence-corrected chi connectivity index (χ3v) is 7.81. The largest absolute Gasteiger partial charge is 1.00 e. The molecule has 0 fully saturated rings. The number of unbranched alkanes of at least 4 members (excludes halogenated alkanes) is 10. The number of hydrogen-bond donors (Lipinski definition) is 2. The van der Waals surface area contributed by atoms with E-state index >= 15 is 0 Å². The molecule has 1 aliphatic rings. The molecule has 232 valence electrons. The normalized spacial score (nSPS) is 14.8. The number of carbonyl (C=O) groups excluding carboxylic acids is 1. The number of aromatic nitrogens is 1. The van der Waals surface area contributed by atoms with Crippen LogP contribution in [0.4, 0.5) is 0 Å². The second kappa shape index (κ2) is 20.5. The summed E-state index contributed by atoms with van der Waals surface area (Å²) in [6.45, 7) is 9.03. The van der Waals surface area contributed by atoms with Gasteiger partial charge in [0.2, 0.25) is 5.91 Å². The number of nitrogens with zero attached hydrogens (tertiary/aromatic N) is 2. The lowest BCUT2D eigenvalue weighted by Crippen LogP contribution is -3.00. The number of aryl methyl sites for hydroxylation is 1. The van der Waals surface area contributed by atoms with Crippen LogP contribution >= 0.6 is 0 Å². The van der Waals surface area contributed by atoms with Crippen molar-refractivity contribution >= 4 is 5.91 Å². The van der Waals surface area contributed by atoms with E-state index in [0.29, 0.717) is 26.1 Å². The summed E-state index contributed by atoms with van der Waals surface area (Å²) in [4.78, 5) is 17.1. The molecule has 40 heavy (non-hydrogen) atoms. The molecule has 0 saturated heterocycles. The Hall–Kier alpha value is -1.41. The van der Waals surface area contributed by atoms with Gasteiger partial charge in [0, 0.05) is 36.9 Å². The summed E-state index contributed by atoms with van der Waals surface area (Å²) >= 11 is 0. The Balaban J connectivity index is 0.00000800. The van der Waals surface area contributed by atoms with Crippen LogP contribution in [0.3, 0.4) is 0 Å². The van der Waals surface area contributed by atoms with Crippen LogP contribution in [0.5, 0.6) is 5.75 Å². The summed E-state index contributed by atoms with van der Waals surface area (Å²) in [5.74, 6) is 0.950. The highest BCUT2D eigenvalue weighted by molar-refractivity contribution is 5.75. The van der Waals surface area contributed by atoms with Crippen molar-refractivity contribution in [1.29, 1.82) is 0 Å². The standard InChI is InChI=1S/C32H57N3O4.ClH/c1-6-8-9-10-11-12-13-14-15-16-17-20-30(37)33-21-18-22-35(4,5)23-29-27(24-36)28-25-38-31(19-7-2)39-32(28)26(3)34-29;/h31,36H,6-25H2,1-5H3;1H. The van der Waals surface area contributed by atoms with Crippen LogP contribution in [-0.4, -0.2) is 54.0 Å². The minimum atomic E-state index is -0.238. The Bertz CT molecular complexity index is 850. The summed E-state index contributed by atoms with van der Waals surface area (Å²) in [6.07, 6.45) is 17.4. The number of quaternary nitrogens is 1. The van der Waals surface area contributed by atoms with Gasteiger partial charge in [-0.05, 0) is 13.3 Å². The molecule has 1 unspecified atom stereocenters. The van der Waals surface area contributed by atoms with Gasteiger partial charge in [0.15, 0.2) is 6.29 Å². The van der Waals surface area contributed by atoms with Gasteiger partial charge in [0.05, 0.1) is 39.5 Å². The van der Waals surface area contributed by atoms with Crippen molar-refractivity contribution in [1.82, 2.24) is 10.3 Å². The third-order valence-electron chi connectivity index (χ3n) is 7.81. The molecule has 8 heteroatoms. The fourth-order valence-corrected chi connectivity index (χ4v) is 5.45. The van der Waals surface area contributed by atoms with Crippen molar-refractivity contribution < 1.29 is 36.3 Å². The molecule has 1 aromatic heterocycles. The molecular weight excluding hydrogens is 526 g/mol. The zero-order chi connectivity index (χ0) is 28.5. The molecule has 7 nitrogen and oxygen atoms in total. The number of ether oxygens (including phenoxy) is 2. The van der Waals surface area contributed by atoms with Crippen molar-refractivity contribution in [3.05, 3.63) is 22.5 Å². The lowest BCUT2D eigenvalue weighted by Gasteiger charge is -2.33. The zero-order valence-electron chi connectivity index (χ0n) is 26.2. The highest BCUT2D eigenvalue weighted by Gasteiger charge is 2.29. The van der Waals surface area contributed by atoms with Gasteiger partial charge < -0.3 is 36.8 Å². The fourth-order valence-electron chi connectivity index (χ4n) is 5.45. The number of nitrogens with one attached hydrogen (secondary N) is 1. The molecule has 1 aliphatic heterocycles. The van der Waals surface area contributed by atoms with Crippen molar-refractivity contribution in [2.24, 2.45) is 0 Å². The first-order valence-electron chi connectivity index (χ1n) is 15.8. The summed E-state index contributed by atoms with van der Waals surface area (Å²) < 4.78 is 12.7. The first-order valence-corrected chi connectivity index (χ1v) is 15.8. The number of hydrogen-bond acceptors (Lipinski definition) is 5. The average molecular weight is 584 g/mol. The van der Waals surface area contributed by atoms with E-state index in [0.717, 1.165) is 71.4 Å². The fraction of sp³-hybridized carbons (Fsp3) is 0.812. The summed E-state index contributed by atoms with van der Waals surface area (Å²) in [7, 11) is 4.35. The van der Waals surface area contributed by atoms with Crippen LogP contribution in [0.25, 0.3) is 0 Å². The predicted octanol–water partition coefficient (Wildman–Crippen LogP) is 3.71. The van der Waals surface area contributed by atoms with E-state index in [2.05, 4.69) is 33.3 Å². The zero-order valence-corrected chi connectivity index (χ0v) is 26.9. The minimum absolute atomic E-state index is 0. The maximum absolute atomic E-state index is 12.3. The Morgan fingerprint density at radius 3 is 2.20 bits per heavy atom. The Kier molecular flexibility index (Phi) is 18.7. The van der Waals surface area contributed by atoms with Gasteiger partial charge in [-0.3, -0.25) is 4.79 Å². The molecule has 0 saturated carbocycles. The highest BCUT2D eigenvalue weighted by Crippen LogP contribution is 2.35. The molecule has 0 bridgehead atoms. The predicted molar refractivity (Wildman–Crippen MR) is 158 cm³/mol. The van der Waals surface area contributed by atoms with Gasteiger partial charge in [0.25, 0.3) is 0 Å². The molecule has 2 rings (SSSR count). The quantitative estimate of drug-likeness (QED) is 0.170. The molecule has 1 amide bonds. The van der Waals surface area contributed by atoms with E-state index < -0.39 is 0 Å². The van der Waals surface area contributed by atoms with Gasteiger partial charge >= 0.3 is 0 Å². The number of rotatable bonds is 21. The van der Waals surface area contributed by atoms with Crippen molar-refractivity contribution in [3.63, 3.8) is 0 Å². The Morgan fingerprint density at radius 2 is 1.60 bits per heavy atom. The lowest BCUT2D eigenvalue weighted by molar-refractivity contribution is -0.904. The second-order valence-electron chi connectivity index (χ2n) is 12.0. The van der Waals surface area contributed by atoms with E-state index in [1.54, 1.807) is 0 Å². The first-order chi connectivity index (χ1) is 18.8. The SMILES string of the molecule is CCCCCCCCCCCCCC(=O)NCCC[N+](C)(C)Cc1nc(C)c2c(c1CO)COC(CCC)O2.[Cl-]. The topological polar surface area (TPSA) is 80.7 Å². The number of aliphatic hydroxyl groups excluding tert-OH is 1. The van der Waals surface area contributed by atoms with Crippen molar-refractivity contribution in [2.45, 2.75) is 143 Å². The monoisotopic (exact) mass is 583 g/mol. The molecule has 2 N–H and O–H groups in total. The maximum atomic E-state index is 12.3. The molecule has 0 aromatic carbocycles. The summed E-state index contributed by atoms with van der Waals surface area (Å²) in [6, 6.07) is 0. The highest BCUT2D eigenvalue weighted by atomic mass is 35.5. The summed E-state index contributed by atoms with van der Waals surface area (Å²) in [5, 5.41) is 13.3. The van der Waals surface area contributed by atoms with Crippen molar-refractivity contribution in [3.8, 4) is 5.75 Å². The maximum Gasteiger partial charge on any atom is 0.219 e. The van der Waals surface area contributed by atoms with E-state index in [-0.39, 0.29) is 31.2 Å². The van der Waals surface area contributed by atoms with Crippen LogP contribution in [0, 0.1) is 6.92 Å². The van der Waals surface area contributed by atoms with E-state index in [9.17, 15) is 9.90 Å². The van der Waals surface area contributed by atoms with Crippen LogP contribution in [0.2, 0.25) is 0 Å². The summed E-state index contributed by atoms with van der Waals surface area (Å²) in [5.41, 5.74) is 3.52. The molecule has 2 heterocycles. The average Bonchev–Trinajstić information content (AvgIpc) is 2.90. The van der Waals surface area contributed by atoms with Gasteiger partial charge in [-0.2, -0.15) is 0 Å². The number of carbonyl (C=O) groups is 1. The van der Waals surface area contributed by atoms with E-state index in [1.165, 1.54) is 57.8 Å². The van der Waals surface area contributed by atoms with Crippen LogP contribution in [0.15, 0.2) is 0 Å². The lowest BCUT2D eigenvalue weighted by atomic mass is 10.0. The number of halogens is 1. The smallest absolute Gasteiger partial charge is 0.219 e. The number of aliphatic hydroxyl groups is 1. The first kappa shape index (κ1) is 36.6. The number of amides is 1. The van der Waals surface area contributed by atoms with Gasteiger partial charge in [-0.25, -0.2) is 4.98 Å². The van der Waals surface area contributed by atoms with Gasteiger partial charge in [-0.1, -0.05) is 84.5 Å². The molecule has 1 atom stereocenters. The van der Waals surface area contributed by atoms with Crippen LogP contribution in [-0.2, 0) is 29.3 Å². The van der Waals surface area contributed by atoms with Crippen molar-refractivity contribution in [2.75, 3.05) is 27.2 Å². The van der Waals surface area contributed by atoms with Gasteiger partial charge in [0.1, 0.15) is 18.0 Å². The second-order valence-corrected chi connectivity index (χ2v) is 12.0. The molecule has 0 spiro atoms. The third kappa shape index (κ3) is 13.5. The molecule has 1 aromatic rings. The Labute approximate surface area is 250 Å². The molecular formula is C32H58ClN3O4. The van der Waals surface area contributed by atoms with Crippen LogP contribution < -0.4 is 22.5 Å². The molecule has 0 aliphatic carbocycles. The number of fused-ring (bicyclic) bond motifs is 1. The van der Waals surface area contributed by atoms with E-state index in [1.807, 2.05) is 6.92 Å². The Morgan fingerprint density at radius 1 is 0.975 bits per heavy atom. The minimum Gasteiger partial charge on any atom is -1.00 e. The number of pyridine rings is 1. The molecule has 0 radical (unpaired) electrons. The van der Waals surface area contributed by atoms with E-state index in [4.69, 9.17) is 14.5 Å².